The molecule has 0 saturated carbocycles. The van der Waals surface area contributed by atoms with E-state index in [9.17, 15) is 9.59 Å². The highest BCUT2D eigenvalue weighted by atomic mass is 32.1. The van der Waals surface area contributed by atoms with Crippen LogP contribution in [-0.2, 0) is 0 Å². The fourth-order valence-electron chi connectivity index (χ4n) is 3.89. The van der Waals surface area contributed by atoms with Gasteiger partial charge in [0, 0.05) is 36.1 Å². The smallest absolute Gasteiger partial charge is 0.259 e. The van der Waals surface area contributed by atoms with E-state index in [1.165, 1.54) is 4.70 Å². The predicted molar refractivity (Wildman–Crippen MR) is 112 cm³/mol. The third-order valence-electron chi connectivity index (χ3n) is 5.46. The van der Waals surface area contributed by atoms with E-state index in [0.717, 1.165) is 28.9 Å². The van der Waals surface area contributed by atoms with Crippen LogP contribution in [0.4, 0.5) is 0 Å². The first-order chi connectivity index (χ1) is 13.7. The van der Waals surface area contributed by atoms with Crippen molar-refractivity contribution < 1.29 is 4.79 Å². The van der Waals surface area contributed by atoms with Gasteiger partial charge >= 0.3 is 0 Å². The summed E-state index contributed by atoms with van der Waals surface area (Å²) in [5, 5.41) is 1.70. The Bertz CT molecular complexity index is 1200. The first kappa shape index (κ1) is 17.1. The molecule has 0 unspecified atom stereocenters. The Morgan fingerprint density at radius 3 is 2.64 bits per heavy atom. The molecule has 1 aliphatic rings. The molecule has 5 nitrogen and oxygen atoms in total. The number of H-pyrrole nitrogens is 1. The molecule has 1 N–H and O–H groups in total. The van der Waals surface area contributed by atoms with Crippen molar-refractivity contribution in [2.24, 2.45) is 0 Å². The van der Waals surface area contributed by atoms with Gasteiger partial charge in [-0.1, -0.05) is 24.3 Å². The summed E-state index contributed by atoms with van der Waals surface area (Å²) in [6, 6.07) is 15.5. The summed E-state index contributed by atoms with van der Waals surface area (Å²) in [6.45, 7) is 1.29. The normalized spacial score (nSPS) is 15.4. The van der Waals surface area contributed by atoms with Crippen molar-refractivity contribution in [1.29, 1.82) is 0 Å². The van der Waals surface area contributed by atoms with Crippen molar-refractivity contribution in [1.82, 2.24) is 14.9 Å². The average molecular weight is 389 g/mol. The van der Waals surface area contributed by atoms with Crippen LogP contribution in [0.2, 0.25) is 0 Å². The molecule has 1 amide bonds. The number of carbonyl (C=O) groups is 1. The summed E-state index contributed by atoms with van der Waals surface area (Å²) >= 11 is 1.74. The maximum atomic E-state index is 12.9. The van der Waals surface area contributed by atoms with E-state index >= 15 is 0 Å². The maximum absolute atomic E-state index is 12.9. The van der Waals surface area contributed by atoms with Crippen LogP contribution in [0.25, 0.3) is 21.1 Å². The molecule has 1 aliphatic heterocycles. The number of rotatable bonds is 2. The van der Waals surface area contributed by atoms with E-state index in [1.54, 1.807) is 28.5 Å². The summed E-state index contributed by atoms with van der Waals surface area (Å²) < 4.78 is 1.21. The van der Waals surface area contributed by atoms with Gasteiger partial charge in [-0.05, 0) is 37.1 Å². The molecule has 28 heavy (non-hydrogen) atoms. The monoisotopic (exact) mass is 389 g/mol. The minimum Gasteiger partial charge on any atom is -0.360 e. The molecular weight excluding hydrogens is 370 g/mol. The molecule has 6 heteroatoms. The third-order valence-corrected chi connectivity index (χ3v) is 6.66. The third kappa shape index (κ3) is 2.90. The van der Waals surface area contributed by atoms with E-state index in [2.05, 4.69) is 11.1 Å². The van der Waals surface area contributed by atoms with E-state index in [-0.39, 0.29) is 16.9 Å². The molecule has 0 radical (unpaired) electrons. The summed E-state index contributed by atoms with van der Waals surface area (Å²) in [7, 11) is 0. The number of pyridine rings is 1. The largest absolute Gasteiger partial charge is 0.360 e. The van der Waals surface area contributed by atoms with Crippen molar-refractivity contribution in [3.63, 3.8) is 0 Å². The highest BCUT2D eigenvalue weighted by molar-refractivity contribution is 7.18. The second-order valence-corrected chi connectivity index (χ2v) is 8.23. The zero-order valence-electron chi connectivity index (χ0n) is 15.2. The number of thiazole rings is 1. The van der Waals surface area contributed by atoms with Crippen LogP contribution in [0, 0.1) is 0 Å². The Morgan fingerprint density at radius 2 is 1.82 bits per heavy atom. The average Bonchev–Trinajstić information content (AvgIpc) is 3.18. The number of amides is 1. The molecule has 2 aromatic carbocycles. The van der Waals surface area contributed by atoms with E-state index in [1.807, 2.05) is 36.4 Å². The molecule has 1 fully saturated rings. The van der Waals surface area contributed by atoms with Crippen LogP contribution in [0.1, 0.15) is 34.1 Å². The van der Waals surface area contributed by atoms with Crippen molar-refractivity contribution in [2.45, 2.75) is 18.8 Å². The Morgan fingerprint density at radius 1 is 1.07 bits per heavy atom. The number of aromatic nitrogens is 2. The van der Waals surface area contributed by atoms with Crippen molar-refractivity contribution in [3.05, 3.63) is 75.5 Å². The molecule has 4 aromatic rings. The molecule has 3 heterocycles. The zero-order chi connectivity index (χ0) is 19.1. The van der Waals surface area contributed by atoms with Gasteiger partial charge in [0.05, 0.1) is 15.2 Å². The molecular formula is C22H19N3O2S. The second kappa shape index (κ2) is 6.87. The summed E-state index contributed by atoms with van der Waals surface area (Å²) in [6.07, 6.45) is 3.29. The molecule has 0 bridgehead atoms. The molecule has 140 valence electrons. The SMILES string of the molecule is O=C(c1c[nH]c2ccccc2c1=O)N1CCC(c2nc3ccccc3s2)CC1. The summed E-state index contributed by atoms with van der Waals surface area (Å²) in [5.74, 6) is 0.186. The highest BCUT2D eigenvalue weighted by Gasteiger charge is 2.27. The first-order valence-electron chi connectivity index (χ1n) is 9.46. The van der Waals surface area contributed by atoms with Crippen molar-refractivity contribution in [3.8, 4) is 0 Å². The molecule has 1 saturated heterocycles. The number of para-hydroxylation sites is 2. The Hall–Kier alpha value is -2.99. The number of fused-ring (bicyclic) bond motifs is 2. The lowest BCUT2D eigenvalue weighted by Gasteiger charge is -2.31. The van der Waals surface area contributed by atoms with Gasteiger partial charge in [-0.15, -0.1) is 11.3 Å². The lowest BCUT2D eigenvalue weighted by molar-refractivity contribution is 0.0711. The highest BCUT2D eigenvalue weighted by Crippen LogP contribution is 2.34. The second-order valence-electron chi connectivity index (χ2n) is 7.16. The van der Waals surface area contributed by atoms with Crippen molar-refractivity contribution >= 4 is 38.4 Å². The van der Waals surface area contributed by atoms with Gasteiger partial charge in [-0.25, -0.2) is 4.98 Å². The fourth-order valence-corrected chi connectivity index (χ4v) is 5.03. The Kier molecular flexibility index (Phi) is 4.20. The number of benzene rings is 2. The maximum Gasteiger partial charge on any atom is 0.259 e. The van der Waals surface area contributed by atoms with Crippen molar-refractivity contribution in [2.75, 3.05) is 13.1 Å². The Balaban J connectivity index is 1.34. The van der Waals surface area contributed by atoms with Gasteiger partial charge in [-0.2, -0.15) is 0 Å². The predicted octanol–water partition coefficient (Wildman–Crippen LogP) is 4.16. The molecule has 0 aliphatic carbocycles. The zero-order valence-corrected chi connectivity index (χ0v) is 16.0. The lowest BCUT2D eigenvalue weighted by Crippen LogP contribution is -2.39. The number of carbonyl (C=O) groups excluding carboxylic acids is 1. The Labute approximate surface area is 165 Å². The van der Waals surface area contributed by atoms with Crippen LogP contribution in [-0.4, -0.2) is 33.9 Å². The number of likely N-dealkylation sites (tertiary alicyclic amines) is 1. The first-order valence-corrected chi connectivity index (χ1v) is 10.3. The molecule has 5 rings (SSSR count). The van der Waals surface area contributed by atoms with Gasteiger partial charge < -0.3 is 9.88 Å². The van der Waals surface area contributed by atoms with Gasteiger partial charge in [0.25, 0.3) is 5.91 Å². The number of aromatic amines is 1. The van der Waals surface area contributed by atoms with Crippen LogP contribution in [0.3, 0.4) is 0 Å². The van der Waals surface area contributed by atoms with Gasteiger partial charge in [0.15, 0.2) is 0 Å². The number of nitrogens with one attached hydrogen (secondary N) is 1. The van der Waals surface area contributed by atoms with E-state index in [4.69, 9.17) is 4.98 Å². The number of piperidine rings is 1. The standard InChI is InChI=1S/C22H19N3O2S/c26-20-15-5-1-2-6-17(15)23-13-16(20)22(27)25-11-9-14(10-12-25)21-24-18-7-3-4-8-19(18)28-21/h1-8,13-14H,9-12H2,(H,23,26). The minimum atomic E-state index is -0.201. The van der Waals surface area contributed by atoms with Crippen LogP contribution < -0.4 is 5.43 Å². The van der Waals surface area contributed by atoms with E-state index < -0.39 is 0 Å². The lowest BCUT2D eigenvalue weighted by atomic mass is 9.97. The topological polar surface area (TPSA) is 66.1 Å². The number of hydrogen-bond acceptors (Lipinski definition) is 4. The molecule has 0 atom stereocenters. The van der Waals surface area contributed by atoms with Crippen LogP contribution in [0.5, 0.6) is 0 Å². The molecule has 2 aromatic heterocycles. The summed E-state index contributed by atoms with van der Waals surface area (Å²) in [4.78, 5) is 35.3. The quantitative estimate of drug-likeness (QED) is 0.560. The van der Waals surface area contributed by atoms with Crippen LogP contribution in [0.15, 0.2) is 59.5 Å². The summed E-state index contributed by atoms with van der Waals surface area (Å²) in [5.41, 5.74) is 1.81. The van der Waals surface area contributed by atoms with Gasteiger partial charge in [0.2, 0.25) is 5.43 Å². The molecule has 0 spiro atoms. The van der Waals surface area contributed by atoms with Gasteiger partial charge in [0.1, 0.15) is 5.56 Å². The van der Waals surface area contributed by atoms with E-state index in [0.29, 0.717) is 24.4 Å². The minimum absolute atomic E-state index is 0.185. The fraction of sp³-hybridized carbons (Fsp3) is 0.227. The number of nitrogens with zero attached hydrogens (tertiary/aromatic N) is 2. The number of hydrogen-bond donors (Lipinski definition) is 1. The van der Waals surface area contributed by atoms with Crippen LogP contribution >= 0.6 is 11.3 Å². The van der Waals surface area contributed by atoms with Gasteiger partial charge in [-0.3, -0.25) is 9.59 Å².